The lowest BCUT2D eigenvalue weighted by atomic mass is 9.33. The second kappa shape index (κ2) is 14.2. The summed E-state index contributed by atoms with van der Waals surface area (Å²) in [6, 6.07) is 0. The van der Waals surface area contributed by atoms with Crippen molar-refractivity contribution in [1.82, 2.24) is 0 Å². The van der Waals surface area contributed by atoms with Crippen LogP contribution in [0.4, 0.5) is 0 Å². The summed E-state index contributed by atoms with van der Waals surface area (Å²) in [4.78, 5) is 28.7. The van der Waals surface area contributed by atoms with E-state index in [4.69, 9.17) is 18.9 Å². The van der Waals surface area contributed by atoms with Gasteiger partial charge in [0, 0.05) is 0 Å². The van der Waals surface area contributed by atoms with Crippen LogP contribution in [0.25, 0.3) is 0 Å². The van der Waals surface area contributed by atoms with Crippen molar-refractivity contribution in [2.24, 2.45) is 50.2 Å². The molecule has 0 aromatic carbocycles. The van der Waals surface area contributed by atoms with Gasteiger partial charge in [0.2, 0.25) is 6.29 Å². The van der Waals surface area contributed by atoms with Crippen molar-refractivity contribution in [3.63, 3.8) is 0 Å². The molecule has 0 amide bonds. The fraction of sp³-hybridized carbons (Fsp3) is 0.905. The first-order chi connectivity index (χ1) is 26.0. The van der Waals surface area contributed by atoms with Crippen molar-refractivity contribution in [3.05, 3.63) is 11.6 Å². The molecule has 2 heterocycles. The van der Waals surface area contributed by atoms with E-state index < -0.39 is 108 Å². The van der Waals surface area contributed by atoms with E-state index in [0.717, 1.165) is 18.4 Å². The van der Waals surface area contributed by atoms with Gasteiger partial charge in [-0.2, -0.15) is 0 Å². The zero-order chi connectivity index (χ0) is 41.1. The van der Waals surface area contributed by atoms with Gasteiger partial charge in [-0.1, -0.05) is 53.2 Å². The second-order valence-electron chi connectivity index (χ2n) is 20.5. The Balaban J connectivity index is 1.20. The zero-order valence-electron chi connectivity index (χ0n) is 34.0. The van der Waals surface area contributed by atoms with Gasteiger partial charge < -0.3 is 59.8 Å². The van der Waals surface area contributed by atoms with E-state index >= 15 is 0 Å². The summed E-state index contributed by atoms with van der Waals surface area (Å²) in [5.74, 6) is -1.85. The molecule has 0 radical (unpaired) electrons. The Hall–Kier alpha value is -1.72. The van der Waals surface area contributed by atoms with Crippen molar-refractivity contribution < 1.29 is 69.4 Å². The van der Waals surface area contributed by atoms with Crippen LogP contribution < -0.4 is 0 Å². The van der Waals surface area contributed by atoms with E-state index in [9.17, 15) is 50.4 Å². The number of ether oxygens (including phenoxy) is 4. The number of carboxylic acid groups (broad SMARTS) is 1. The number of allylic oxidation sites excluding steroid dienone is 1. The molecule has 14 heteroatoms. The summed E-state index contributed by atoms with van der Waals surface area (Å²) in [5.41, 5.74) is -3.13. The topological polar surface area (TPSA) is 233 Å². The van der Waals surface area contributed by atoms with Gasteiger partial charge in [-0.05, 0) is 111 Å². The third-order valence-corrected chi connectivity index (χ3v) is 17.0. The molecule has 0 bridgehead atoms. The highest BCUT2D eigenvalue weighted by Gasteiger charge is 2.73. The normalized spacial score (nSPS) is 52.3. The molecule has 0 unspecified atom stereocenters. The number of aliphatic hydroxyl groups excluding tert-OH is 7. The summed E-state index contributed by atoms with van der Waals surface area (Å²) < 4.78 is 23.8. The average Bonchev–Trinajstić information content (AvgIpc) is 3.13. The van der Waals surface area contributed by atoms with Crippen LogP contribution in [0.5, 0.6) is 0 Å². The molecule has 7 aliphatic rings. The minimum absolute atomic E-state index is 0.00694. The Morgan fingerprint density at radius 3 is 2.07 bits per heavy atom. The monoisotopic (exact) mass is 794 g/mol. The van der Waals surface area contributed by atoms with Crippen molar-refractivity contribution in [2.75, 3.05) is 6.61 Å². The van der Waals surface area contributed by atoms with Crippen LogP contribution >= 0.6 is 0 Å². The number of hydrogen-bond acceptors (Lipinski definition) is 13. The maximum absolute atomic E-state index is 14.6. The van der Waals surface area contributed by atoms with E-state index in [-0.39, 0.29) is 41.6 Å². The lowest BCUT2D eigenvalue weighted by molar-refractivity contribution is -0.324. The van der Waals surface area contributed by atoms with Crippen LogP contribution in [0.15, 0.2) is 11.6 Å². The van der Waals surface area contributed by atoms with Gasteiger partial charge in [0.05, 0.1) is 29.6 Å². The van der Waals surface area contributed by atoms with Gasteiger partial charge in [0.15, 0.2) is 6.29 Å². The summed E-state index contributed by atoms with van der Waals surface area (Å²) in [6.07, 6.45) is -6.40. The highest BCUT2D eigenvalue weighted by molar-refractivity contribution is 5.85. The molecule has 56 heavy (non-hydrogen) atoms. The molecule has 0 aromatic rings. The van der Waals surface area contributed by atoms with Crippen LogP contribution in [-0.4, -0.2) is 127 Å². The highest BCUT2D eigenvalue weighted by Crippen LogP contribution is 2.76. The van der Waals surface area contributed by atoms with Crippen molar-refractivity contribution in [1.29, 1.82) is 0 Å². The Morgan fingerprint density at radius 1 is 0.768 bits per heavy atom. The summed E-state index contributed by atoms with van der Waals surface area (Å²) in [6.45, 7) is 14.1. The molecule has 14 nitrogen and oxygen atoms in total. The predicted molar refractivity (Wildman–Crippen MR) is 198 cm³/mol. The number of hydrogen-bond donors (Lipinski definition) is 8. The molecule has 7 rings (SSSR count). The minimum Gasteiger partial charge on any atom is -0.481 e. The quantitative estimate of drug-likeness (QED) is 0.110. The molecular weight excluding hydrogens is 728 g/mol. The molecule has 0 aromatic heterocycles. The molecule has 2 saturated heterocycles. The maximum Gasteiger partial charge on any atom is 0.315 e. The minimum atomic E-state index is -1.74. The first kappa shape index (κ1) is 42.4. The Kier molecular flexibility index (Phi) is 10.8. The molecule has 318 valence electrons. The standard InChI is InChI=1S/C42H66O14/c1-20-27(44)29(46)31(48)33(53-20)55-26-11-12-39(6)24(38(26,4)5)10-13-40(7)25(39)9-8-21-22-18-37(2,3)14-15-41(22,16-17-42(21,40)35(50)51)36(52)56-34-32(49)30(47)28(45)23(19-43)54-34/h8,20,22-34,43-49H,9-19H2,1-7H3,(H,50,51)/t20-,22-,23+,24-,25+,26-,27-,28+,29+,30-,31-,32+,33+,34-,39-,40+,41-,42+/m0/s1. The van der Waals surface area contributed by atoms with Crippen LogP contribution in [0.2, 0.25) is 0 Å². The number of rotatable bonds is 6. The van der Waals surface area contributed by atoms with E-state index in [2.05, 4.69) is 47.6 Å². The van der Waals surface area contributed by atoms with Gasteiger partial charge in [0.25, 0.3) is 0 Å². The lowest BCUT2D eigenvalue weighted by Crippen LogP contribution is -2.68. The van der Waals surface area contributed by atoms with E-state index in [0.29, 0.717) is 38.5 Å². The van der Waals surface area contributed by atoms with E-state index in [1.54, 1.807) is 6.92 Å². The zero-order valence-corrected chi connectivity index (χ0v) is 34.0. The van der Waals surface area contributed by atoms with Crippen LogP contribution in [0.3, 0.4) is 0 Å². The Bertz CT molecular complexity index is 1560. The fourth-order valence-electron chi connectivity index (χ4n) is 13.6. The summed E-state index contributed by atoms with van der Waals surface area (Å²) >= 11 is 0. The molecule has 2 aliphatic heterocycles. The molecule has 4 saturated carbocycles. The van der Waals surface area contributed by atoms with Gasteiger partial charge in [0.1, 0.15) is 42.7 Å². The van der Waals surface area contributed by atoms with Gasteiger partial charge in [-0.3, -0.25) is 9.59 Å². The molecule has 0 spiro atoms. The SMILES string of the molecule is C[C@@H]1O[C@H](O[C@H]2CC[C@]3(C)[C@H]4CC=C5[C@@H]6CC(C)(C)CC[C@]6(C(=O)O[C@@H]6O[C@H](CO)[C@@H](O)[C@H](O)[C@H]6O)CC[C@@]5(C(=O)O)[C@]4(C)CC[C@H]3C2(C)C)[C@@H](O)[C@H](O)[C@H]1O. The smallest absolute Gasteiger partial charge is 0.315 e. The van der Waals surface area contributed by atoms with Crippen molar-refractivity contribution in [2.45, 2.75) is 180 Å². The first-order valence-electron chi connectivity index (χ1n) is 20.8. The Morgan fingerprint density at radius 2 is 1.41 bits per heavy atom. The van der Waals surface area contributed by atoms with Crippen LogP contribution in [-0.2, 0) is 28.5 Å². The van der Waals surface area contributed by atoms with E-state index in [1.807, 2.05) is 0 Å². The number of carbonyl (C=O) groups is 2. The number of aliphatic hydroxyl groups is 7. The van der Waals surface area contributed by atoms with Crippen LogP contribution in [0, 0.1) is 50.2 Å². The van der Waals surface area contributed by atoms with Crippen molar-refractivity contribution >= 4 is 11.9 Å². The van der Waals surface area contributed by atoms with Gasteiger partial charge >= 0.3 is 11.9 Å². The molecule has 8 N–H and O–H groups in total. The predicted octanol–water partition coefficient (Wildman–Crippen LogP) is 2.41. The molecule has 5 aliphatic carbocycles. The number of esters is 1. The number of fused-ring (bicyclic) bond motifs is 7. The lowest BCUT2D eigenvalue weighted by Gasteiger charge is -2.70. The third-order valence-electron chi connectivity index (χ3n) is 17.0. The van der Waals surface area contributed by atoms with Gasteiger partial charge in [-0.25, -0.2) is 0 Å². The highest BCUT2D eigenvalue weighted by atomic mass is 16.7. The first-order valence-corrected chi connectivity index (χ1v) is 20.8. The molecule has 6 fully saturated rings. The van der Waals surface area contributed by atoms with Crippen LogP contribution in [0.1, 0.15) is 113 Å². The van der Waals surface area contributed by atoms with E-state index in [1.165, 1.54) is 0 Å². The number of carboxylic acids is 1. The summed E-state index contributed by atoms with van der Waals surface area (Å²) in [7, 11) is 0. The maximum atomic E-state index is 14.6. The molecular formula is C42H66O14. The third kappa shape index (κ3) is 6.01. The number of aliphatic carboxylic acids is 1. The fourth-order valence-corrected chi connectivity index (χ4v) is 13.6. The van der Waals surface area contributed by atoms with Crippen molar-refractivity contribution in [3.8, 4) is 0 Å². The molecule has 18 atom stereocenters. The summed E-state index contributed by atoms with van der Waals surface area (Å²) in [5, 5.41) is 84.4. The average molecular weight is 795 g/mol. The van der Waals surface area contributed by atoms with Gasteiger partial charge in [-0.15, -0.1) is 0 Å². The second-order valence-corrected chi connectivity index (χ2v) is 20.5. The Labute approximate surface area is 329 Å². The number of carbonyl (C=O) groups excluding carboxylic acids is 1. The largest absolute Gasteiger partial charge is 0.481 e.